The van der Waals surface area contributed by atoms with Crippen LogP contribution in [0, 0.1) is 5.92 Å². The summed E-state index contributed by atoms with van der Waals surface area (Å²) in [5.74, 6) is 1.24. The van der Waals surface area contributed by atoms with Gasteiger partial charge in [-0.15, -0.1) is 11.3 Å². The molecule has 2 saturated carbocycles. The van der Waals surface area contributed by atoms with Crippen LogP contribution in [0.2, 0.25) is 0 Å². The number of hydrogen-bond acceptors (Lipinski definition) is 5. The van der Waals surface area contributed by atoms with Crippen molar-refractivity contribution >= 4 is 28.3 Å². The standard InChI is InChI=1S/C24H38N4O2S/c1-19(23(30)28(24-25-13-18-31-24)21-9-3-2-4-10-21)26-14-16-27(17-15-26)22(29)12-11-20-7-5-6-8-20/h13,18-21H,2-12,14-17H2,1H3. The summed E-state index contributed by atoms with van der Waals surface area (Å²) in [6.45, 7) is 5.06. The van der Waals surface area contributed by atoms with Crippen molar-refractivity contribution in [1.82, 2.24) is 14.8 Å². The Hall–Kier alpha value is -1.47. The van der Waals surface area contributed by atoms with Gasteiger partial charge in [-0.3, -0.25) is 19.4 Å². The molecule has 0 N–H and O–H groups in total. The topological polar surface area (TPSA) is 56.8 Å². The number of carbonyl (C=O) groups is 2. The van der Waals surface area contributed by atoms with Gasteiger partial charge in [-0.1, -0.05) is 44.9 Å². The average molecular weight is 447 g/mol. The maximum atomic E-state index is 13.6. The number of aromatic nitrogens is 1. The van der Waals surface area contributed by atoms with Crippen LogP contribution in [0.15, 0.2) is 11.6 Å². The molecule has 1 unspecified atom stereocenters. The molecule has 4 rings (SSSR count). The van der Waals surface area contributed by atoms with Crippen LogP contribution in [-0.2, 0) is 9.59 Å². The molecule has 1 aliphatic heterocycles. The molecule has 3 fully saturated rings. The minimum atomic E-state index is -0.179. The smallest absolute Gasteiger partial charge is 0.246 e. The Bertz CT molecular complexity index is 705. The molecule has 1 aromatic heterocycles. The van der Waals surface area contributed by atoms with Crippen LogP contribution < -0.4 is 4.90 Å². The maximum Gasteiger partial charge on any atom is 0.246 e. The van der Waals surface area contributed by atoms with Crippen molar-refractivity contribution in [3.05, 3.63) is 11.6 Å². The molecule has 2 heterocycles. The highest BCUT2D eigenvalue weighted by Crippen LogP contribution is 2.31. The third kappa shape index (κ3) is 5.67. The molecule has 3 aliphatic rings. The quantitative estimate of drug-likeness (QED) is 0.626. The van der Waals surface area contributed by atoms with Crippen LogP contribution in [-0.4, -0.2) is 64.9 Å². The van der Waals surface area contributed by atoms with Crippen LogP contribution in [0.5, 0.6) is 0 Å². The fourth-order valence-corrected chi connectivity index (χ4v) is 6.32. The summed E-state index contributed by atoms with van der Waals surface area (Å²) >= 11 is 1.56. The minimum Gasteiger partial charge on any atom is -0.340 e. The zero-order valence-corrected chi connectivity index (χ0v) is 19.8. The summed E-state index contributed by atoms with van der Waals surface area (Å²) in [5, 5.41) is 2.79. The van der Waals surface area contributed by atoms with Crippen molar-refractivity contribution in [1.29, 1.82) is 0 Å². The predicted molar refractivity (Wildman–Crippen MR) is 125 cm³/mol. The number of piperazine rings is 1. The third-order valence-corrected chi connectivity index (χ3v) is 8.39. The summed E-state index contributed by atoms with van der Waals surface area (Å²) in [7, 11) is 0. The number of thiazole rings is 1. The summed E-state index contributed by atoms with van der Waals surface area (Å²) < 4.78 is 0. The molecule has 0 spiro atoms. The van der Waals surface area contributed by atoms with E-state index in [1.165, 1.54) is 44.9 Å². The Balaban J connectivity index is 1.30. The molecule has 0 aromatic carbocycles. The first-order valence-corrected chi connectivity index (χ1v) is 13.3. The van der Waals surface area contributed by atoms with E-state index in [1.807, 2.05) is 22.1 Å². The van der Waals surface area contributed by atoms with Gasteiger partial charge in [0.2, 0.25) is 11.8 Å². The van der Waals surface area contributed by atoms with Crippen molar-refractivity contribution in [3.8, 4) is 0 Å². The second-order valence-electron chi connectivity index (χ2n) is 9.60. The lowest BCUT2D eigenvalue weighted by atomic mass is 9.94. The van der Waals surface area contributed by atoms with E-state index in [9.17, 15) is 9.59 Å². The largest absolute Gasteiger partial charge is 0.340 e. The van der Waals surface area contributed by atoms with E-state index in [2.05, 4.69) is 9.88 Å². The lowest BCUT2D eigenvalue weighted by Crippen LogP contribution is -2.57. The first-order valence-electron chi connectivity index (χ1n) is 12.4. The summed E-state index contributed by atoms with van der Waals surface area (Å²) in [6.07, 6.45) is 14.6. The minimum absolute atomic E-state index is 0.169. The molecule has 7 heteroatoms. The highest BCUT2D eigenvalue weighted by molar-refractivity contribution is 7.13. The maximum absolute atomic E-state index is 13.6. The normalized spacial score (nSPS) is 22.5. The van der Waals surface area contributed by atoms with Gasteiger partial charge in [-0.25, -0.2) is 4.98 Å². The lowest BCUT2D eigenvalue weighted by molar-refractivity contribution is -0.134. The van der Waals surface area contributed by atoms with Crippen LogP contribution in [0.3, 0.4) is 0 Å². The van der Waals surface area contributed by atoms with Gasteiger partial charge in [0.1, 0.15) is 0 Å². The van der Waals surface area contributed by atoms with Crippen molar-refractivity contribution < 1.29 is 9.59 Å². The second-order valence-corrected chi connectivity index (χ2v) is 10.5. The SMILES string of the molecule is CC(C(=O)N(c1nccs1)C1CCCCC1)N1CCN(C(=O)CCC2CCCC2)CC1. The van der Waals surface area contributed by atoms with E-state index in [4.69, 9.17) is 0 Å². The van der Waals surface area contributed by atoms with Gasteiger partial charge in [0, 0.05) is 50.2 Å². The Morgan fingerprint density at radius 2 is 1.74 bits per heavy atom. The van der Waals surface area contributed by atoms with Crippen LogP contribution in [0.1, 0.15) is 77.6 Å². The van der Waals surface area contributed by atoms with Crippen LogP contribution in [0.4, 0.5) is 5.13 Å². The number of hydrogen-bond donors (Lipinski definition) is 0. The Morgan fingerprint density at radius 3 is 2.39 bits per heavy atom. The zero-order valence-electron chi connectivity index (χ0n) is 19.0. The summed E-state index contributed by atoms with van der Waals surface area (Å²) in [5.41, 5.74) is 0. The van der Waals surface area contributed by atoms with Crippen molar-refractivity contribution in [2.75, 3.05) is 31.1 Å². The van der Waals surface area contributed by atoms with Gasteiger partial charge in [-0.05, 0) is 32.1 Å². The monoisotopic (exact) mass is 446 g/mol. The average Bonchev–Trinajstić information content (AvgIpc) is 3.52. The Morgan fingerprint density at radius 1 is 1.06 bits per heavy atom. The predicted octanol–water partition coefficient (Wildman–Crippen LogP) is 4.31. The second kappa shape index (κ2) is 10.9. The number of rotatable bonds is 7. The first kappa shape index (κ1) is 22.7. The lowest BCUT2D eigenvalue weighted by Gasteiger charge is -2.40. The molecule has 31 heavy (non-hydrogen) atoms. The first-order chi connectivity index (χ1) is 15.1. The molecule has 172 valence electrons. The Labute approximate surface area is 191 Å². The molecule has 0 radical (unpaired) electrons. The van der Waals surface area contributed by atoms with E-state index in [1.54, 1.807) is 17.5 Å². The van der Waals surface area contributed by atoms with Crippen molar-refractivity contribution in [3.63, 3.8) is 0 Å². The van der Waals surface area contributed by atoms with E-state index in [-0.39, 0.29) is 18.0 Å². The summed E-state index contributed by atoms with van der Waals surface area (Å²) in [6, 6.07) is 0.0925. The highest BCUT2D eigenvalue weighted by Gasteiger charge is 2.35. The molecule has 6 nitrogen and oxygen atoms in total. The van der Waals surface area contributed by atoms with Crippen molar-refractivity contribution in [2.24, 2.45) is 5.92 Å². The molecule has 1 saturated heterocycles. The van der Waals surface area contributed by atoms with Crippen molar-refractivity contribution in [2.45, 2.75) is 89.6 Å². The van der Waals surface area contributed by atoms with E-state index in [0.717, 1.165) is 56.5 Å². The van der Waals surface area contributed by atoms with E-state index in [0.29, 0.717) is 12.3 Å². The highest BCUT2D eigenvalue weighted by atomic mass is 32.1. The zero-order chi connectivity index (χ0) is 21.6. The van der Waals surface area contributed by atoms with Gasteiger partial charge in [0.05, 0.1) is 6.04 Å². The molecular formula is C24H38N4O2S. The molecule has 0 bridgehead atoms. The number of nitrogens with zero attached hydrogens (tertiary/aromatic N) is 4. The number of anilines is 1. The molecule has 1 aromatic rings. The van der Waals surface area contributed by atoms with Crippen LogP contribution in [0.25, 0.3) is 0 Å². The number of carbonyl (C=O) groups excluding carboxylic acids is 2. The summed E-state index contributed by atoms with van der Waals surface area (Å²) in [4.78, 5) is 37.0. The van der Waals surface area contributed by atoms with Gasteiger partial charge in [0.15, 0.2) is 5.13 Å². The van der Waals surface area contributed by atoms with Crippen LogP contribution >= 0.6 is 11.3 Å². The van der Waals surface area contributed by atoms with E-state index >= 15 is 0 Å². The fourth-order valence-electron chi connectivity index (χ4n) is 5.61. The van der Waals surface area contributed by atoms with Gasteiger partial charge in [0.25, 0.3) is 0 Å². The molecule has 1 atom stereocenters. The third-order valence-electron chi connectivity index (χ3n) is 7.62. The molecule has 2 aliphatic carbocycles. The molecular weight excluding hydrogens is 408 g/mol. The van der Waals surface area contributed by atoms with Gasteiger partial charge >= 0.3 is 0 Å². The molecule has 2 amide bonds. The Kier molecular flexibility index (Phi) is 7.99. The number of amides is 2. The van der Waals surface area contributed by atoms with Gasteiger partial charge < -0.3 is 4.90 Å². The van der Waals surface area contributed by atoms with Gasteiger partial charge in [-0.2, -0.15) is 0 Å². The fraction of sp³-hybridized carbons (Fsp3) is 0.792. The van der Waals surface area contributed by atoms with E-state index < -0.39 is 0 Å².